The number of aromatic nitrogens is 1. The Hall–Kier alpha value is -3.41. The van der Waals surface area contributed by atoms with Gasteiger partial charge in [-0.05, 0) is 24.3 Å². The number of benzene rings is 2. The van der Waals surface area contributed by atoms with Gasteiger partial charge in [-0.15, -0.1) is 0 Å². The van der Waals surface area contributed by atoms with Crippen molar-refractivity contribution in [3.8, 4) is 5.75 Å². The molecule has 24 heavy (non-hydrogen) atoms. The third kappa shape index (κ3) is 3.17. The van der Waals surface area contributed by atoms with Crippen LogP contribution in [0.5, 0.6) is 5.75 Å². The van der Waals surface area contributed by atoms with Crippen molar-refractivity contribution >= 4 is 34.1 Å². The molecule has 0 unspecified atom stereocenters. The van der Waals surface area contributed by atoms with E-state index in [4.69, 9.17) is 0 Å². The van der Waals surface area contributed by atoms with Gasteiger partial charge in [0.25, 0.3) is 5.91 Å². The molecule has 120 valence electrons. The lowest BCUT2D eigenvalue weighted by Gasteiger charge is -2.10. The van der Waals surface area contributed by atoms with Gasteiger partial charge < -0.3 is 15.7 Å². The van der Waals surface area contributed by atoms with E-state index in [1.807, 2.05) is 6.07 Å². The summed E-state index contributed by atoms with van der Waals surface area (Å²) in [5.41, 5.74) is 0.956. The number of aromatic hydroxyl groups is 1. The number of hydrogen-bond donors (Lipinski definition) is 3. The molecule has 3 rings (SSSR count). The first-order valence-electron chi connectivity index (χ1n) is 7.30. The number of anilines is 2. The summed E-state index contributed by atoms with van der Waals surface area (Å²) >= 11 is 0. The lowest BCUT2D eigenvalue weighted by molar-refractivity contribution is -0.114. The van der Waals surface area contributed by atoms with Gasteiger partial charge in [0.15, 0.2) is 0 Å². The fourth-order valence-electron chi connectivity index (χ4n) is 2.42. The fourth-order valence-corrected chi connectivity index (χ4v) is 2.42. The zero-order valence-electron chi connectivity index (χ0n) is 12.9. The Kier molecular flexibility index (Phi) is 4.11. The number of hydrogen-bond acceptors (Lipinski definition) is 4. The average molecular weight is 321 g/mol. The molecule has 3 aromatic rings. The summed E-state index contributed by atoms with van der Waals surface area (Å²) in [4.78, 5) is 27.5. The van der Waals surface area contributed by atoms with Gasteiger partial charge in [0.2, 0.25) is 5.91 Å². The number of amides is 2. The van der Waals surface area contributed by atoms with E-state index in [-0.39, 0.29) is 17.6 Å². The van der Waals surface area contributed by atoms with Crippen LogP contribution < -0.4 is 10.6 Å². The van der Waals surface area contributed by atoms with E-state index in [0.717, 1.165) is 5.39 Å². The molecule has 0 saturated carbocycles. The summed E-state index contributed by atoms with van der Waals surface area (Å²) in [7, 11) is 0. The van der Waals surface area contributed by atoms with Crippen LogP contribution in [-0.4, -0.2) is 21.9 Å². The Balaban J connectivity index is 1.91. The summed E-state index contributed by atoms with van der Waals surface area (Å²) in [5.74, 6) is -0.129. The molecular formula is C18H15N3O3. The van der Waals surface area contributed by atoms with E-state index >= 15 is 0 Å². The number of rotatable bonds is 3. The van der Waals surface area contributed by atoms with Crippen LogP contribution in [0.15, 0.2) is 54.7 Å². The Morgan fingerprint density at radius 1 is 1.00 bits per heavy atom. The predicted octanol–water partition coefficient (Wildman–Crippen LogP) is 3.15. The second kappa shape index (κ2) is 6.37. The Bertz CT molecular complexity index is 938. The van der Waals surface area contributed by atoms with Crippen LogP contribution in [0.2, 0.25) is 0 Å². The minimum Gasteiger partial charge on any atom is -0.507 e. The van der Waals surface area contributed by atoms with E-state index in [1.54, 1.807) is 36.4 Å². The zero-order chi connectivity index (χ0) is 17.1. The monoisotopic (exact) mass is 321 g/mol. The Labute approximate surface area is 138 Å². The van der Waals surface area contributed by atoms with Crippen molar-refractivity contribution in [3.63, 3.8) is 0 Å². The van der Waals surface area contributed by atoms with Gasteiger partial charge >= 0.3 is 0 Å². The van der Waals surface area contributed by atoms with Gasteiger partial charge in [-0.1, -0.05) is 24.3 Å². The summed E-state index contributed by atoms with van der Waals surface area (Å²) in [6.45, 7) is 1.37. The van der Waals surface area contributed by atoms with E-state index < -0.39 is 0 Å². The van der Waals surface area contributed by atoms with Crippen molar-refractivity contribution in [1.82, 2.24) is 4.98 Å². The molecule has 0 atom stereocenters. The van der Waals surface area contributed by atoms with Crippen LogP contribution in [0.4, 0.5) is 11.5 Å². The Morgan fingerprint density at radius 3 is 2.54 bits per heavy atom. The highest BCUT2D eigenvalue weighted by molar-refractivity contribution is 6.10. The zero-order valence-corrected chi connectivity index (χ0v) is 12.9. The molecule has 6 heteroatoms. The van der Waals surface area contributed by atoms with E-state index in [9.17, 15) is 14.7 Å². The van der Waals surface area contributed by atoms with Crippen LogP contribution >= 0.6 is 0 Å². The average Bonchev–Trinajstić information content (AvgIpc) is 2.55. The van der Waals surface area contributed by atoms with Crippen LogP contribution in [0.25, 0.3) is 10.8 Å². The molecule has 6 nitrogen and oxygen atoms in total. The quantitative estimate of drug-likeness (QED) is 0.691. The SMILES string of the molecule is CC(=O)Nc1cc(C(=O)Nc2cccc3c(O)cccc23)ccn1. The van der Waals surface area contributed by atoms with E-state index in [1.165, 1.54) is 19.2 Å². The van der Waals surface area contributed by atoms with Crippen LogP contribution in [0, 0.1) is 0 Å². The molecule has 0 spiro atoms. The van der Waals surface area contributed by atoms with Crippen LogP contribution in [-0.2, 0) is 4.79 Å². The van der Waals surface area contributed by atoms with Crippen molar-refractivity contribution in [2.24, 2.45) is 0 Å². The van der Waals surface area contributed by atoms with Crippen molar-refractivity contribution in [3.05, 3.63) is 60.3 Å². The summed E-state index contributed by atoms with van der Waals surface area (Å²) < 4.78 is 0. The van der Waals surface area contributed by atoms with Crippen molar-refractivity contribution in [1.29, 1.82) is 0 Å². The summed E-state index contributed by atoms with van der Waals surface area (Å²) in [6, 6.07) is 13.5. The van der Waals surface area contributed by atoms with Crippen LogP contribution in [0.1, 0.15) is 17.3 Å². The fraction of sp³-hybridized carbons (Fsp3) is 0.0556. The van der Waals surface area contributed by atoms with Crippen molar-refractivity contribution < 1.29 is 14.7 Å². The molecule has 2 amide bonds. The molecule has 0 radical (unpaired) electrons. The first-order valence-corrected chi connectivity index (χ1v) is 7.30. The van der Waals surface area contributed by atoms with Crippen LogP contribution in [0.3, 0.4) is 0 Å². The highest BCUT2D eigenvalue weighted by Gasteiger charge is 2.11. The molecule has 0 aliphatic heterocycles. The van der Waals surface area contributed by atoms with Gasteiger partial charge in [-0.3, -0.25) is 9.59 Å². The number of phenolic OH excluding ortho intramolecular Hbond substituents is 1. The topological polar surface area (TPSA) is 91.3 Å². The van der Waals surface area contributed by atoms with Gasteiger partial charge in [-0.25, -0.2) is 4.98 Å². The maximum Gasteiger partial charge on any atom is 0.255 e. The molecule has 0 saturated heterocycles. The minimum absolute atomic E-state index is 0.153. The normalized spacial score (nSPS) is 10.4. The second-order valence-electron chi connectivity index (χ2n) is 5.24. The maximum absolute atomic E-state index is 12.5. The number of carbonyl (C=O) groups is 2. The molecule has 0 fully saturated rings. The van der Waals surface area contributed by atoms with Gasteiger partial charge in [-0.2, -0.15) is 0 Å². The highest BCUT2D eigenvalue weighted by atomic mass is 16.3. The third-order valence-corrected chi connectivity index (χ3v) is 3.47. The smallest absolute Gasteiger partial charge is 0.255 e. The molecule has 1 heterocycles. The van der Waals surface area contributed by atoms with Gasteiger partial charge in [0, 0.05) is 35.1 Å². The molecule has 3 N–H and O–H groups in total. The van der Waals surface area contributed by atoms with E-state index in [0.29, 0.717) is 22.5 Å². The summed E-state index contributed by atoms with van der Waals surface area (Å²) in [6.07, 6.45) is 1.45. The molecule has 0 aliphatic rings. The second-order valence-corrected chi connectivity index (χ2v) is 5.24. The number of nitrogens with one attached hydrogen (secondary N) is 2. The molecular weight excluding hydrogens is 306 g/mol. The molecule has 0 aliphatic carbocycles. The van der Waals surface area contributed by atoms with Gasteiger partial charge in [0.05, 0.1) is 0 Å². The first kappa shape index (κ1) is 15.5. The highest BCUT2D eigenvalue weighted by Crippen LogP contribution is 2.30. The lowest BCUT2D eigenvalue weighted by Crippen LogP contribution is -2.14. The molecule has 2 aromatic carbocycles. The summed E-state index contributed by atoms with van der Waals surface area (Å²) in [5, 5.41) is 16.7. The predicted molar refractivity (Wildman–Crippen MR) is 92.1 cm³/mol. The number of nitrogens with zero attached hydrogens (tertiary/aromatic N) is 1. The van der Waals surface area contributed by atoms with Crippen molar-refractivity contribution in [2.75, 3.05) is 10.6 Å². The lowest BCUT2D eigenvalue weighted by atomic mass is 10.1. The molecule has 0 bridgehead atoms. The number of phenols is 1. The Morgan fingerprint density at radius 2 is 1.75 bits per heavy atom. The number of pyridine rings is 1. The number of fused-ring (bicyclic) bond motifs is 1. The third-order valence-electron chi connectivity index (χ3n) is 3.47. The molecule has 1 aromatic heterocycles. The minimum atomic E-state index is -0.333. The van der Waals surface area contributed by atoms with E-state index in [2.05, 4.69) is 15.6 Å². The first-order chi connectivity index (χ1) is 11.5. The maximum atomic E-state index is 12.5. The van der Waals surface area contributed by atoms with Crippen molar-refractivity contribution in [2.45, 2.75) is 6.92 Å². The number of carbonyl (C=O) groups excluding carboxylic acids is 2. The van der Waals surface area contributed by atoms with Gasteiger partial charge in [0.1, 0.15) is 11.6 Å². The standard InChI is InChI=1S/C18H15N3O3/c1-11(22)20-17-10-12(8-9-19-17)18(24)21-15-6-2-5-14-13(15)4-3-7-16(14)23/h2-10,23H,1H3,(H,21,24)(H,19,20,22). The largest absolute Gasteiger partial charge is 0.507 e.